The summed E-state index contributed by atoms with van der Waals surface area (Å²) < 4.78 is 2.33. The molecule has 5 nitrogen and oxygen atoms in total. The minimum Gasteiger partial charge on any atom is -0.361 e. The Kier molecular flexibility index (Phi) is 3.40. The highest BCUT2D eigenvalue weighted by Gasteiger charge is 2.39. The average molecular weight is 370 g/mol. The number of nitrogens with zero attached hydrogens (tertiary/aromatic N) is 1. The molecule has 5 heteroatoms. The molecule has 0 saturated carbocycles. The van der Waals surface area contributed by atoms with Crippen LogP contribution < -0.4 is 10.6 Å². The highest BCUT2D eigenvalue weighted by molar-refractivity contribution is 5.97. The molecule has 2 aromatic heterocycles. The number of amides is 1. The molecule has 140 valence electrons. The monoisotopic (exact) mass is 370 g/mol. The van der Waals surface area contributed by atoms with E-state index in [-0.39, 0.29) is 17.7 Å². The summed E-state index contributed by atoms with van der Waals surface area (Å²) in [5.41, 5.74) is 6.10. The number of para-hydroxylation sites is 2. The molecule has 1 amide bonds. The zero-order valence-electron chi connectivity index (χ0n) is 15.5. The van der Waals surface area contributed by atoms with Crippen molar-refractivity contribution in [1.82, 2.24) is 20.2 Å². The number of carbonyl (C=O) groups excluding carboxylic acids is 1. The Morgan fingerprint density at radius 2 is 1.89 bits per heavy atom. The van der Waals surface area contributed by atoms with Gasteiger partial charge in [-0.05, 0) is 22.8 Å². The van der Waals surface area contributed by atoms with Crippen LogP contribution in [-0.2, 0) is 17.9 Å². The fourth-order valence-electron chi connectivity index (χ4n) is 5.12. The number of hydrogen-bond acceptors (Lipinski definition) is 2. The lowest BCUT2D eigenvalue weighted by Gasteiger charge is -2.16. The van der Waals surface area contributed by atoms with Crippen molar-refractivity contribution in [2.45, 2.75) is 24.9 Å². The predicted molar refractivity (Wildman–Crippen MR) is 110 cm³/mol. The van der Waals surface area contributed by atoms with Gasteiger partial charge in [-0.2, -0.15) is 0 Å². The van der Waals surface area contributed by atoms with E-state index in [1.165, 1.54) is 27.4 Å². The fourth-order valence-corrected chi connectivity index (χ4v) is 5.12. The maximum atomic E-state index is 13.0. The molecule has 2 atom stereocenters. The van der Waals surface area contributed by atoms with Gasteiger partial charge in [0.05, 0.1) is 11.4 Å². The third-order valence-corrected chi connectivity index (χ3v) is 6.39. The Bertz CT molecular complexity index is 1220. The SMILES string of the molecule is O=C1NCC(c2c[nH]c3ccccc23)C1c1cn2c3c(cccc13)CNCC2. The molecule has 4 heterocycles. The van der Waals surface area contributed by atoms with Crippen LogP contribution in [0.3, 0.4) is 0 Å². The molecule has 4 aromatic rings. The highest BCUT2D eigenvalue weighted by Crippen LogP contribution is 2.43. The molecule has 2 aliphatic rings. The second-order valence-corrected chi connectivity index (χ2v) is 7.89. The highest BCUT2D eigenvalue weighted by atomic mass is 16.2. The van der Waals surface area contributed by atoms with Crippen LogP contribution in [-0.4, -0.2) is 28.5 Å². The minimum absolute atomic E-state index is 0.132. The van der Waals surface area contributed by atoms with E-state index in [2.05, 4.69) is 69.0 Å². The summed E-state index contributed by atoms with van der Waals surface area (Å²) in [7, 11) is 0. The summed E-state index contributed by atoms with van der Waals surface area (Å²) in [6, 6.07) is 14.8. The molecule has 2 aliphatic heterocycles. The summed E-state index contributed by atoms with van der Waals surface area (Å²) in [5, 5.41) is 9.04. The number of carbonyl (C=O) groups is 1. The van der Waals surface area contributed by atoms with E-state index in [0.29, 0.717) is 6.54 Å². The van der Waals surface area contributed by atoms with Gasteiger partial charge in [-0.15, -0.1) is 0 Å². The lowest BCUT2D eigenvalue weighted by atomic mass is 9.83. The molecule has 0 aliphatic carbocycles. The van der Waals surface area contributed by atoms with Gasteiger partial charge in [0.25, 0.3) is 0 Å². The van der Waals surface area contributed by atoms with E-state index >= 15 is 0 Å². The molecule has 3 N–H and O–H groups in total. The smallest absolute Gasteiger partial charge is 0.228 e. The second kappa shape index (κ2) is 5.97. The average Bonchev–Trinajstić information content (AvgIpc) is 3.36. The zero-order valence-corrected chi connectivity index (χ0v) is 15.5. The quantitative estimate of drug-likeness (QED) is 0.507. The molecule has 0 bridgehead atoms. The molecular formula is C23H22N4O. The van der Waals surface area contributed by atoms with Gasteiger partial charge in [0.2, 0.25) is 5.91 Å². The van der Waals surface area contributed by atoms with Crippen LogP contribution in [0.1, 0.15) is 28.5 Å². The van der Waals surface area contributed by atoms with Crippen molar-refractivity contribution in [2.75, 3.05) is 13.1 Å². The van der Waals surface area contributed by atoms with Gasteiger partial charge in [-0.1, -0.05) is 36.4 Å². The number of aromatic amines is 1. The van der Waals surface area contributed by atoms with Crippen molar-refractivity contribution in [1.29, 1.82) is 0 Å². The molecule has 2 aromatic carbocycles. The summed E-state index contributed by atoms with van der Waals surface area (Å²) in [6.07, 6.45) is 4.30. The van der Waals surface area contributed by atoms with Gasteiger partial charge in [0.1, 0.15) is 0 Å². The first-order valence-electron chi connectivity index (χ1n) is 9.96. The molecule has 0 spiro atoms. The van der Waals surface area contributed by atoms with Crippen molar-refractivity contribution in [2.24, 2.45) is 0 Å². The third-order valence-electron chi connectivity index (χ3n) is 6.39. The Morgan fingerprint density at radius 3 is 2.86 bits per heavy atom. The van der Waals surface area contributed by atoms with Crippen LogP contribution in [0.15, 0.2) is 54.9 Å². The summed E-state index contributed by atoms with van der Waals surface area (Å²) in [6.45, 7) is 3.43. The Morgan fingerprint density at radius 1 is 1.00 bits per heavy atom. The first-order chi connectivity index (χ1) is 13.8. The van der Waals surface area contributed by atoms with Crippen LogP contribution >= 0.6 is 0 Å². The summed E-state index contributed by atoms with van der Waals surface area (Å²) >= 11 is 0. The number of benzene rings is 2. The van der Waals surface area contributed by atoms with Crippen molar-refractivity contribution < 1.29 is 4.79 Å². The Balaban J connectivity index is 1.54. The lowest BCUT2D eigenvalue weighted by Crippen LogP contribution is -2.18. The van der Waals surface area contributed by atoms with Crippen LogP contribution in [0.2, 0.25) is 0 Å². The van der Waals surface area contributed by atoms with E-state index in [9.17, 15) is 4.79 Å². The molecular weight excluding hydrogens is 348 g/mol. The first-order valence-corrected chi connectivity index (χ1v) is 9.96. The van der Waals surface area contributed by atoms with E-state index in [1.54, 1.807) is 0 Å². The normalized spacial score (nSPS) is 21.9. The first kappa shape index (κ1) is 16.0. The minimum atomic E-state index is -0.161. The molecule has 28 heavy (non-hydrogen) atoms. The van der Waals surface area contributed by atoms with Crippen molar-refractivity contribution in [3.8, 4) is 0 Å². The van der Waals surface area contributed by atoms with Crippen LogP contribution in [0.5, 0.6) is 0 Å². The molecule has 1 fully saturated rings. The Labute approximate surface area is 162 Å². The molecule has 0 radical (unpaired) electrons. The number of hydrogen-bond donors (Lipinski definition) is 3. The number of fused-ring (bicyclic) bond motifs is 1. The van der Waals surface area contributed by atoms with Crippen molar-refractivity contribution >= 4 is 27.7 Å². The van der Waals surface area contributed by atoms with Gasteiger partial charge in [0, 0.05) is 60.8 Å². The maximum absolute atomic E-state index is 13.0. The van der Waals surface area contributed by atoms with Crippen molar-refractivity contribution in [3.63, 3.8) is 0 Å². The number of aromatic nitrogens is 2. The van der Waals surface area contributed by atoms with Crippen LogP contribution in [0, 0.1) is 0 Å². The Hall–Kier alpha value is -3.05. The number of rotatable bonds is 2. The van der Waals surface area contributed by atoms with E-state index in [1.807, 2.05) is 6.07 Å². The standard InChI is InChI=1S/C23H22N4O/c28-23-21(18(12-26-23)17-11-25-20-7-2-1-5-15(17)20)19-13-27-9-8-24-10-14-4-3-6-16(19)22(14)27/h1-7,11,13,18,21,24-25H,8-10,12H2,(H,26,28). The van der Waals surface area contributed by atoms with Gasteiger partial charge >= 0.3 is 0 Å². The molecule has 2 unspecified atom stereocenters. The maximum Gasteiger partial charge on any atom is 0.228 e. The largest absolute Gasteiger partial charge is 0.361 e. The number of nitrogens with one attached hydrogen (secondary N) is 3. The lowest BCUT2D eigenvalue weighted by molar-refractivity contribution is -0.120. The van der Waals surface area contributed by atoms with Crippen LogP contribution in [0.4, 0.5) is 0 Å². The van der Waals surface area contributed by atoms with Crippen molar-refractivity contribution in [3.05, 3.63) is 71.5 Å². The summed E-state index contributed by atoms with van der Waals surface area (Å²) in [4.78, 5) is 16.4. The van der Waals surface area contributed by atoms with Gasteiger partial charge in [-0.3, -0.25) is 4.79 Å². The zero-order chi connectivity index (χ0) is 18.7. The number of H-pyrrole nitrogens is 1. The fraction of sp³-hybridized carbons (Fsp3) is 0.261. The second-order valence-electron chi connectivity index (χ2n) is 7.89. The van der Waals surface area contributed by atoms with Gasteiger partial charge in [0.15, 0.2) is 0 Å². The molecule has 6 rings (SSSR count). The third kappa shape index (κ3) is 2.20. The van der Waals surface area contributed by atoms with Gasteiger partial charge < -0.3 is 20.2 Å². The predicted octanol–water partition coefficient (Wildman–Crippen LogP) is 3.22. The van der Waals surface area contributed by atoms with Gasteiger partial charge in [-0.25, -0.2) is 0 Å². The summed E-state index contributed by atoms with van der Waals surface area (Å²) in [5.74, 6) is 0.105. The van der Waals surface area contributed by atoms with E-state index in [4.69, 9.17) is 0 Å². The van der Waals surface area contributed by atoms with E-state index in [0.717, 1.165) is 30.7 Å². The molecule has 1 saturated heterocycles. The van der Waals surface area contributed by atoms with E-state index < -0.39 is 0 Å². The topological polar surface area (TPSA) is 61.9 Å². The van der Waals surface area contributed by atoms with Crippen LogP contribution in [0.25, 0.3) is 21.8 Å².